The number of nitriles is 1. The molecule has 36 heavy (non-hydrogen) atoms. The van der Waals surface area contributed by atoms with E-state index in [1.807, 2.05) is 41.4 Å². The van der Waals surface area contributed by atoms with E-state index < -0.39 is 0 Å². The van der Waals surface area contributed by atoms with E-state index in [-0.39, 0.29) is 6.10 Å². The van der Waals surface area contributed by atoms with Crippen molar-refractivity contribution in [2.45, 2.75) is 25.5 Å². The molecule has 3 aromatic heterocycles. The van der Waals surface area contributed by atoms with Crippen LogP contribution in [0.25, 0.3) is 33.4 Å². The molecule has 178 valence electrons. The maximum atomic E-state index is 9.80. The number of rotatable bonds is 6. The quantitative estimate of drug-likeness (QED) is 0.347. The maximum Gasteiger partial charge on any atom is 0.137 e. The van der Waals surface area contributed by atoms with Crippen molar-refractivity contribution in [1.82, 2.24) is 19.5 Å². The van der Waals surface area contributed by atoms with Crippen LogP contribution in [-0.4, -0.2) is 38.8 Å². The molecule has 1 N–H and O–H groups in total. The topological polar surface area (TPSA) is 88.8 Å². The van der Waals surface area contributed by atoms with Gasteiger partial charge in [0.15, 0.2) is 0 Å². The molecule has 2 aromatic carbocycles. The number of nitrogens with zero attached hydrogens (tertiary/aromatic N) is 4. The molecule has 1 aliphatic heterocycles. The lowest BCUT2D eigenvalue weighted by Gasteiger charge is -2.23. The molecule has 0 bridgehead atoms. The van der Waals surface area contributed by atoms with Crippen molar-refractivity contribution in [3.05, 3.63) is 90.6 Å². The lowest BCUT2D eigenvalue weighted by molar-refractivity contribution is 0.0254. The van der Waals surface area contributed by atoms with E-state index in [4.69, 9.17) is 9.47 Å². The molecule has 0 atom stereocenters. The molecule has 7 nitrogen and oxygen atoms in total. The number of fused-ring (bicyclic) bond motifs is 1. The summed E-state index contributed by atoms with van der Waals surface area (Å²) in [6.07, 6.45) is 9.12. The van der Waals surface area contributed by atoms with Crippen molar-refractivity contribution in [1.29, 1.82) is 5.26 Å². The first-order valence-corrected chi connectivity index (χ1v) is 12.1. The predicted molar refractivity (Wildman–Crippen MR) is 137 cm³/mol. The van der Waals surface area contributed by atoms with E-state index in [1.165, 1.54) is 5.56 Å². The molecule has 1 saturated heterocycles. The largest absolute Gasteiger partial charge is 0.489 e. The Bertz CT molecular complexity index is 1520. The molecule has 0 radical (unpaired) electrons. The first-order valence-electron chi connectivity index (χ1n) is 12.1. The summed E-state index contributed by atoms with van der Waals surface area (Å²) >= 11 is 0. The van der Waals surface area contributed by atoms with Gasteiger partial charge in [-0.15, -0.1) is 0 Å². The molecule has 5 aromatic rings. The van der Waals surface area contributed by atoms with Gasteiger partial charge in [-0.3, -0.25) is 4.98 Å². The van der Waals surface area contributed by atoms with Crippen molar-refractivity contribution in [3.63, 3.8) is 0 Å². The summed E-state index contributed by atoms with van der Waals surface area (Å²) in [5.74, 6) is 0.617. The number of nitrogens with one attached hydrogen (secondary N) is 1. The Kier molecular flexibility index (Phi) is 5.94. The summed E-state index contributed by atoms with van der Waals surface area (Å²) in [4.78, 5) is 12.3. The van der Waals surface area contributed by atoms with Gasteiger partial charge in [-0.05, 0) is 41.5 Å². The molecule has 0 unspecified atom stereocenters. The van der Waals surface area contributed by atoms with Gasteiger partial charge in [0.2, 0.25) is 0 Å². The van der Waals surface area contributed by atoms with Crippen molar-refractivity contribution in [2.24, 2.45) is 0 Å². The summed E-state index contributed by atoms with van der Waals surface area (Å²) in [6.45, 7) is 2.18. The van der Waals surface area contributed by atoms with Crippen LogP contribution >= 0.6 is 0 Å². The number of aromatic amines is 1. The fourth-order valence-electron chi connectivity index (χ4n) is 4.66. The first-order chi connectivity index (χ1) is 17.8. The maximum absolute atomic E-state index is 9.80. The van der Waals surface area contributed by atoms with Gasteiger partial charge in [0.05, 0.1) is 30.8 Å². The summed E-state index contributed by atoms with van der Waals surface area (Å²) in [6, 6.07) is 20.7. The zero-order chi connectivity index (χ0) is 24.3. The number of H-pyrrole nitrogens is 1. The van der Waals surface area contributed by atoms with Crippen LogP contribution in [0.5, 0.6) is 5.75 Å². The van der Waals surface area contributed by atoms with Gasteiger partial charge in [0.25, 0.3) is 0 Å². The minimum Gasteiger partial charge on any atom is -0.489 e. The summed E-state index contributed by atoms with van der Waals surface area (Å²) < 4.78 is 13.6. The van der Waals surface area contributed by atoms with Gasteiger partial charge in [0.1, 0.15) is 17.9 Å². The van der Waals surface area contributed by atoms with Crippen LogP contribution in [-0.2, 0) is 11.3 Å². The van der Waals surface area contributed by atoms with E-state index in [0.717, 1.165) is 52.8 Å². The highest BCUT2D eigenvalue weighted by molar-refractivity contribution is 5.96. The van der Waals surface area contributed by atoms with Crippen molar-refractivity contribution in [2.75, 3.05) is 13.2 Å². The van der Waals surface area contributed by atoms with Crippen LogP contribution in [0.15, 0.2) is 79.5 Å². The van der Waals surface area contributed by atoms with Crippen LogP contribution in [0, 0.1) is 11.3 Å². The Morgan fingerprint density at radius 3 is 2.64 bits per heavy atom. The SMILES string of the molecule is N#Cc1cc(-c2nccc3[nH]c(-c4ccc(Cn5ccnc5)cc4)cc23)ccc1OC1CCOCC1. The molecule has 0 aliphatic carbocycles. The van der Waals surface area contributed by atoms with E-state index in [9.17, 15) is 5.26 Å². The number of hydrogen-bond donors (Lipinski definition) is 1. The molecule has 7 heteroatoms. The number of aromatic nitrogens is 4. The zero-order valence-corrected chi connectivity index (χ0v) is 19.7. The van der Waals surface area contributed by atoms with Crippen LogP contribution in [0.4, 0.5) is 0 Å². The minimum absolute atomic E-state index is 0.0804. The number of ether oxygens (including phenoxy) is 2. The molecule has 0 saturated carbocycles. The third kappa shape index (κ3) is 4.47. The van der Waals surface area contributed by atoms with Gasteiger partial charge >= 0.3 is 0 Å². The molecular formula is C29H25N5O2. The Morgan fingerprint density at radius 2 is 1.86 bits per heavy atom. The highest BCUT2D eigenvalue weighted by atomic mass is 16.5. The van der Waals surface area contributed by atoms with Crippen LogP contribution in [0.3, 0.4) is 0 Å². The fraction of sp³-hybridized carbons (Fsp3) is 0.207. The molecule has 1 aliphatic rings. The van der Waals surface area contributed by atoms with Crippen molar-refractivity contribution >= 4 is 10.9 Å². The minimum atomic E-state index is 0.0804. The number of pyridine rings is 1. The average Bonchev–Trinajstić information content (AvgIpc) is 3.60. The lowest BCUT2D eigenvalue weighted by atomic mass is 10.0. The smallest absolute Gasteiger partial charge is 0.137 e. The third-order valence-corrected chi connectivity index (χ3v) is 6.57. The van der Waals surface area contributed by atoms with E-state index in [2.05, 4.69) is 51.4 Å². The molecule has 4 heterocycles. The second-order valence-corrected chi connectivity index (χ2v) is 8.99. The predicted octanol–water partition coefficient (Wildman–Crippen LogP) is 5.57. The standard InChI is InChI=1S/C29H25N5O2/c30-17-23-15-22(5-6-28(23)36-24-8-13-35-14-9-24)29-25-16-27(33-26(25)7-10-32-29)21-3-1-20(2-4-21)18-34-12-11-31-19-34/h1-7,10-12,15-16,19,24,33H,8-9,13-14,18H2. The first kappa shape index (κ1) is 22.1. The molecular weight excluding hydrogens is 450 g/mol. The highest BCUT2D eigenvalue weighted by Crippen LogP contribution is 2.33. The second kappa shape index (κ2) is 9.68. The number of hydrogen-bond acceptors (Lipinski definition) is 5. The molecule has 0 spiro atoms. The van der Waals surface area contributed by atoms with Crippen LogP contribution < -0.4 is 4.74 Å². The number of benzene rings is 2. The fourth-order valence-corrected chi connectivity index (χ4v) is 4.66. The Balaban J connectivity index is 1.29. The van der Waals surface area contributed by atoms with E-state index in [0.29, 0.717) is 24.5 Å². The van der Waals surface area contributed by atoms with Gasteiger partial charge in [-0.1, -0.05) is 24.3 Å². The second-order valence-electron chi connectivity index (χ2n) is 8.99. The molecule has 6 rings (SSSR count). The van der Waals surface area contributed by atoms with Crippen LogP contribution in [0.2, 0.25) is 0 Å². The van der Waals surface area contributed by atoms with Gasteiger partial charge in [-0.2, -0.15) is 5.26 Å². The summed E-state index contributed by atoms with van der Waals surface area (Å²) in [5, 5.41) is 10.8. The monoisotopic (exact) mass is 475 g/mol. The normalized spacial score (nSPS) is 14.1. The Morgan fingerprint density at radius 1 is 1.03 bits per heavy atom. The zero-order valence-electron chi connectivity index (χ0n) is 19.7. The van der Waals surface area contributed by atoms with E-state index in [1.54, 1.807) is 12.4 Å². The molecule has 0 amide bonds. The Hall–Kier alpha value is -4.41. The molecule has 1 fully saturated rings. The summed E-state index contributed by atoms with van der Waals surface area (Å²) in [7, 11) is 0. The third-order valence-electron chi connectivity index (χ3n) is 6.57. The van der Waals surface area contributed by atoms with Crippen LogP contribution in [0.1, 0.15) is 24.0 Å². The number of imidazole rings is 1. The summed E-state index contributed by atoms with van der Waals surface area (Å²) in [5.41, 5.74) is 6.57. The van der Waals surface area contributed by atoms with Gasteiger partial charge in [-0.25, -0.2) is 4.98 Å². The van der Waals surface area contributed by atoms with Crippen molar-refractivity contribution in [3.8, 4) is 34.3 Å². The highest BCUT2D eigenvalue weighted by Gasteiger charge is 2.18. The van der Waals surface area contributed by atoms with Crippen molar-refractivity contribution < 1.29 is 9.47 Å². The lowest BCUT2D eigenvalue weighted by Crippen LogP contribution is -2.26. The Labute approximate surface area is 209 Å². The van der Waals surface area contributed by atoms with Gasteiger partial charge in [0, 0.05) is 60.1 Å². The van der Waals surface area contributed by atoms with E-state index >= 15 is 0 Å². The average molecular weight is 476 g/mol. The van der Waals surface area contributed by atoms with Gasteiger partial charge < -0.3 is 19.0 Å².